The summed E-state index contributed by atoms with van der Waals surface area (Å²) in [7, 11) is 3.49. The fourth-order valence-corrected chi connectivity index (χ4v) is 2.22. The molecule has 0 spiro atoms. The van der Waals surface area contributed by atoms with E-state index in [1.165, 1.54) is 11.1 Å². The standard InChI is InChI=1S/C16H27NO2/c1-5-9-17-15(8-10-18-3)12-14-11-13(2)6-7-16(14)19-4/h6-7,11,15,17H,5,8-10,12H2,1-4H3. The molecule has 0 saturated carbocycles. The van der Waals surface area contributed by atoms with Crippen LogP contribution in [0.3, 0.4) is 0 Å². The first kappa shape index (κ1) is 16.0. The summed E-state index contributed by atoms with van der Waals surface area (Å²) in [5, 5.41) is 3.59. The Hall–Kier alpha value is -1.06. The molecule has 1 atom stereocenters. The van der Waals surface area contributed by atoms with Crippen LogP contribution in [0, 0.1) is 6.92 Å². The number of hydrogen-bond donors (Lipinski definition) is 1. The van der Waals surface area contributed by atoms with E-state index in [0.717, 1.165) is 38.2 Å². The smallest absolute Gasteiger partial charge is 0.122 e. The molecule has 3 nitrogen and oxygen atoms in total. The minimum Gasteiger partial charge on any atom is -0.496 e. The van der Waals surface area contributed by atoms with Gasteiger partial charge in [-0.1, -0.05) is 24.6 Å². The van der Waals surface area contributed by atoms with E-state index in [-0.39, 0.29) is 0 Å². The van der Waals surface area contributed by atoms with Crippen molar-refractivity contribution in [2.75, 3.05) is 27.4 Å². The van der Waals surface area contributed by atoms with Crippen molar-refractivity contribution in [3.05, 3.63) is 29.3 Å². The van der Waals surface area contributed by atoms with Gasteiger partial charge in [-0.2, -0.15) is 0 Å². The number of nitrogens with one attached hydrogen (secondary N) is 1. The molecule has 0 fully saturated rings. The average Bonchev–Trinajstić information content (AvgIpc) is 2.42. The van der Waals surface area contributed by atoms with Crippen molar-refractivity contribution in [3.63, 3.8) is 0 Å². The summed E-state index contributed by atoms with van der Waals surface area (Å²) in [6, 6.07) is 6.80. The van der Waals surface area contributed by atoms with Crippen molar-refractivity contribution in [2.24, 2.45) is 0 Å². The van der Waals surface area contributed by atoms with Crippen molar-refractivity contribution in [2.45, 2.75) is 39.2 Å². The molecule has 1 unspecified atom stereocenters. The molecule has 0 heterocycles. The van der Waals surface area contributed by atoms with E-state index in [0.29, 0.717) is 6.04 Å². The monoisotopic (exact) mass is 265 g/mol. The molecule has 0 radical (unpaired) electrons. The maximum Gasteiger partial charge on any atom is 0.122 e. The second kappa shape index (κ2) is 8.94. The third-order valence-electron chi connectivity index (χ3n) is 3.26. The van der Waals surface area contributed by atoms with Crippen molar-refractivity contribution in [1.29, 1.82) is 0 Å². The maximum absolute atomic E-state index is 5.45. The van der Waals surface area contributed by atoms with Crippen molar-refractivity contribution >= 4 is 0 Å². The lowest BCUT2D eigenvalue weighted by Gasteiger charge is -2.20. The number of methoxy groups -OCH3 is 2. The fourth-order valence-electron chi connectivity index (χ4n) is 2.22. The van der Waals surface area contributed by atoms with Gasteiger partial charge in [0.2, 0.25) is 0 Å². The van der Waals surface area contributed by atoms with Crippen molar-refractivity contribution in [1.82, 2.24) is 5.32 Å². The van der Waals surface area contributed by atoms with Gasteiger partial charge >= 0.3 is 0 Å². The second-order valence-corrected chi connectivity index (χ2v) is 4.95. The number of aryl methyl sites for hydroxylation is 1. The molecule has 0 aromatic heterocycles. The summed E-state index contributed by atoms with van der Waals surface area (Å²) < 4.78 is 10.7. The Morgan fingerprint density at radius 1 is 1.26 bits per heavy atom. The van der Waals surface area contributed by atoms with E-state index >= 15 is 0 Å². The molecule has 0 aliphatic carbocycles. The predicted octanol–water partition coefficient (Wildman–Crippen LogP) is 2.95. The van der Waals surface area contributed by atoms with Gasteiger partial charge in [0, 0.05) is 19.8 Å². The number of hydrogen-bond acceptors (Lipinski definition) is 3. The lowest BCUT2D eigenvalue weighted by atomic mass is 10.0. The van der Waals surface area contributed by atoms with Gasteiger partial charge < -0.3 is 14.8 Å². The number of rotatable bonds is 9. The molecule has 108 valence electrons. The van der Waals surface area contributed by atoms with Crippen LogP contribution in [0.15, 0.2) is 18.2 Å². The summed E-state index contributed by atoms with van der Waals surface area (Å²) >= 11 is 0. The van der Waals surface area contributed by atoms with Crippen LogP contribution in [0.5, 0.6) is 5.75 Å². The summed E-state index contributed by atoms with van der Waals surface area (Å²) in [4.78, 5) is 0. The molecule has 1 N–H and O–H groups in total. The van der Waals surface area contributed by atoms with E-state index in [4.69, 9.17) is 9.47 Å². The van der Waals surface area contributed by atoms with E-state index in [1.54, 1.807) is 14.2 Å². The Morgan fingerprint density at radius 2 is 2.05 bits per heavy atom. The lowest BCUT2D eigenvalue weighted by Crippen LogP contribution is -2.33. The summed E-state index contributed by atoms with van der Waals surface area (Å²) in [6.45, 7) is 6.14. The molecule has 1 rings (SSSR count). The van der Waals surface area contributed by atoms with Gasteiger partial charge in [0.25, 0.3) is 0 Å². The second-order valence-electron chi connectivity index (χ2n) is 4.95. The maximum atomic E-state index is 5.45. The Balaban J connectivity index is 2.72. The highest BCUT2D eigenvalue weighted by Crippen LogP contribution is 2.21. The average molecular weight is 265 g/mol. The number of benzene rings is 1. The van der Waals surface area contributed by atoms with Crippen LogP contribution in [0.2, 0.25) is 0 Å². The lowest BCUT2D eigenvalue weighted by molar-refractivity contribution is 0.182. The third-order valence-corrected chi connectivity index (χ3v) is 3.26. The van der Waals surface area contributed by atoms with Gasteiger partial charge in [-0.15, -0.1) is 0 Å². The largest absolute Gasteiger partial charge is 0.496 e. The van der Waals surface area contributed by atoms with E-state index in [9.17, 15) is 0 Å². The van der Waals surface area contributed by atoms with Crippen LogP contribution in [0.1, 0.15) is 30.9 Å². The van der Waals surface area contributed by atoms with Crippen molar-refractivity contribution in [3.8, 4) is 5.75 Å². The molecule has 0 bridgehead atoms. The first-order valence-electron chi connectivity index (χ1n) is 7.07. The highest BCUT2D eigenvalue weighted by atomic mass is 16.5. The van der Waals surface area contributed by atoms with Crippen LogP contribution in [0.4, 0.5) is 0 Å². The predicted molar refractivity (Wildman–Crippen MR) is 80.0 cm³/mol. The van der Waals surface area contributed by atoms with E-state index < -0.39 is 0 Å². The summed E-state index contributed by atoms with van der Waals surface area (Å²) in [5.41, 5.74) is 2.55. The summed E-state index contributed by atoms with van der Waals surface area (Å²) in [5.74, 6) is 0.978. The molecular weight excluding hydrogens is 238 g/mol. The SMILES string of the molecule is CCCNC(CCOC)Cc1cc(C)ccc1OC. The first-order chi connectivity index (χ1) is 9.21. The van der Waals surface area contributed by atoms with Crippen LogP contribution in [-0.2, 0) is 11.2 Å². The van der Waals surface area contributed by atoms with Gasteiger partial charge in [-0.25, -0.2) is 0 Å². The Labute approximate surface area is 117 Å². The normalized spacial score (nSPS) is 12.4. The van der Waals surface area contributed by atoms with Gasteiger partial charge in [0.1, 0.15) is 5.75 Å². The molecule has 19 heavy (non-hydrogen) atoms. The quantitative estimate of drug-likeness (QED) is 0.744. The minimum absolute atomic E-state index is 0.440. The highest BCUT2D eigenvalue weighted by molar-refractivity contribution is 5.37. The van der Waals surface area contributed by atoms with Gasteiger partial charge in [-0.05, 0) is 44.4 Å². The molecule has 1 aromatic rings. The van der Waals surface area contributed by atoms with Gasteiger partial charge in [-0.3, -0.25) is 0 Å². The molecule has 1 aromatic carbocycles. The Kier molecular flexibility index (Phi) is 7.53. The molecule has 0 saturated heterocycles. The zero-order valence-corrected chi connectivity index (χ0v) is 12.7. The molecule has 3 heteroatoms. The highest BCUT2D eigenvalue weighted by Gasteiger charge is 2.12. The van der Waals surface area contributed by atoms with E-state index in [2.05, 4.69) is 37.4 Å². The fraction of sp³-hybridized carbons (Fsp3) is 0.625. The summed E-state index contributed by atoms with van der Waals surface area (Å²) in [6.07, 6.45) is 3.15. The van der Waals surface area contributed by atoms with Gasteiger partial charge in [0.15, 0.2) is 0 Å². The zero-order chi connectivity index (χ0) is 14.1. The first-order valence-corrected chi connectivity index (χ1v) is 7.07. The minimum atomic E-state index is 0.440. The number of ether oxygens (including phenoxy) is 2. The zero-order valence-electron chi connectivity index (χ0n) is 12.7. The van der Waals surface area contributed by atoms with Crippen LogP contribution in [0.25, 0.3) is 0 Å². The van der Waals surface area contributed by atoms with E-state index in [1.807, 2.05) is 0 Å². The molecular formula is C16H27NO2. The Bertz CT molecular complexity index is 358. The van der Waals surface area contributed by atoms with Crippen LogP contribution in [-0.4, -0.2) is 33.4 Å². The van der Waals surface area contributed by atoms with Gasteiger partial charge in [0.05, 0.1) is 7.11 Å². The van der Waals surface area contributed by atoms with Crippen LogP contribution < -0.4 is 10.1 Å². The third kappa shape index (κ3) is 5.62. The van der Waals surface area contributed by atoms with Crippen LogP contribution >= 0.6 is 0 Å². The van der Waals surface area contributed by atoms with Crippen molar-refractivity contribution < 1.29 is 9.47 Å². The Morgan fingerprint density at radius 3 is 2.68 bits per heavy atom. The topological polar surface area (TPSA) is 30.5 Å². The molecule has 0 aliphatic rings. The molecule has 0 aliphatic heterocycles. The molecule has 0 amide bonds.